The zero-order valence-corrected chi connectivity index (χ0v) is 12.2. The van der Waals surface area contributed by atoms with E-state index in [1.807, 2.05) is 12.1 Å². The topological polar surface area (TPSA) is 41.6 Å². The Kier molecular flexibility index (Phi) is 2.96. The molecule has 0 bridgehead atoms. The molecule has 2 heterocycles. The normalized spacial score (nSPS) is 22.9. The van der Waals surface area contributed by atoms with Crippen molar-refractivity contribution in [3.8, 4) is 6.07 Å². The van der Waals surface area contributed by atoms with E-state index >= 15 is 0 Å². The van der Waals surface area contributed by atoms with Gasteiger partial charge in [-0.15, -0.1) is 0 Å². The van der Waals surface area contributed by atoms with Crippen LogP contribution in [0, 0.1) is 11.3 Å². The second-order valence-electron chi connectivity index (χ2n) is 5.74. The summed E-state index contributed by atoms with van der Waals surface area (Å²) >= 11 is 2.05. The van der Waals surface area contributed by atoms with Gasteiger partial charge in [0, 0.05) is 6.04 Å². The second kappa shape index (κ2) is 4.82. The molecule has 1 aromatic carbocycles. The van der Waals surface area contributed by atoms with Crippen LogP contribution in [0.3, 0.4) is 0 Å². The second-order valence-corrected chi connectivity index (χ2v) is 7.05. The third-order valence-electron chi connectivity index (χ3n) is 4.23. The number of aromatic nitrogens is 2. The first-order valence-electron chi connectivity index (χ1n) is 7.40. The Balaban J connectivity index is 1.85. The fraction of sp³-hybridized carbons (Fsp3) is 0.500. The summed E-state index contributed by atoms with van der Waals surface area (Å²) in [6.45, 7) is 0. The molecule has 0 spiro atoms. The van der Waals surface area contributed by atoms with Crippen molar-refractivity contribution in [3.05, 3.63) is 29.6 Å². The molecule has 4 rings (SSSR count). The van der Waals surface area contributed by atoms with Crippen LogP contribution in [0.15, 0.2) is 18.2 Å². The average molecular weight is 283 g/mol. The molecule has 0 radical (unpaired) electrons. The van der Waals surface area contributed by atoms with E-state index in [4.69, 9.17) is 10.2 Å². The Hall–Kier alpha value is -1.47. The number of hydrogen-bond acceptors (Lipinski definition) is 3. The molecule has 0 amide bonds. The maximum absolute atomic E-state index is 9.05. The Morgan fingerprint density at radius 3 is 2.85 bits per heavy atom. The monoisotopic (exact) mass is 283 g/mol. The van der Waals surface area contributed by atoms with Crippen LogP contribution < -0.4 is 0 Å². The standard InChI is InChI=1S/C16H17N3S/c17-10-11-4-7-14-13(9-11)18-16(19(14)12-5-6-12)15-3-1-2-8-20-15/h4,7,9,12,15H,1-3,5-6,8H2. The lowest BCUT2D eigenvalue weighted by molar-refractivity contribution is 0.619. The van der Waals surface area contributed by atoms with Crippen LogP contribution in [-0.4, -0.2) is 15.3 Å². The summed E-state index contributed by atoms with van der Waals surface area (Å²) < 4.78 is 2.46. The highest BCUT2D eigenvalue weighted by atomic mass is 32.2. The fourth-order valence-electron chi connectivity index (χ4n) is 3.07. The highest BCUT2D eigenvalue weighted by molar-refractivity contribution is 7.99. The molecular weight excluding hydrogens is 266 g/mol. The molecule has 1 unspecified atom stereocenters. The van der Waals surface area contributed by atoms with Gasteiger partial charge in [-0.3, -0.25) is 0 Å². The van der Waals surface area contributed by atoms with E-state index in [1.54, 1.807) is 0 Å². The Morgan fingerprint density at radius 2 is 2.15 bits per heavy atom. The molecule has 1 atom stereocenters. The first kappa shape index (κ1) is 12.3. The van der Waals surface area contributed by atoms with Gasteiger partial charge in [-0.1, -0.05) is 6.42 Å². The van der Waals surface area contributed by atoms with E-state index in [-0.39, 0.29) is 0 Å². The van der Waals surface area contributed by atoms with Gasteiger partial charge in [0.15, 0.2) is 0 Å². The number of hydrogen-bond donors (Lipinski definition) is 0. The van der Waals surface area contributed by atoms with Crippen LogP contribution >= 0.6 is 11.8 Å². The number of thioether (sulfide) groups is 1. The van der Waals surface area contributed by atoms with Crippen molar-refractivity contribution in [2.75, 3.05) is 5.75 Å². The average Bonchev–Trinajstić information content (AvgIpc) is 3.27. The zero-order chi connectivity index (χ0) is 13.5. The smallest absolute Gasteiger partial charge is 0.123 e. The summed E-state index contributed by atoms with van der Waals surface area (Å²) in [5.41, 5.74) is 2.92. The van der Waals surface area contributed by atoms with Crippen LogP contribution in [0.2, 0.25) is 0 Å². The molecule has 1 aliphatic carbocycles. The van der Waals surface area contributed by atoms with Gasteiger partial charge in [-0.05, 0) is 49.6 Å². The molecule has 2 fully saturated rings. The van der Waals surface area contributed by atoms with E-state index in [2.05, 4.69) is 28.5 Å². The minimum absolute atomic E-state index is 0.544. The summed E-state index contributed by atoms with van der Waals surface area (Å²) in [5, 5.41) is 9.60. The molecule has 1 saturated heterocycles. The highest BCUT2D eigenvalue weighted by Crippen LogP contribution is 2.45. The predicted molar refractivity (Wildman–Crippen MR) is 81.8 cm³/mol. The molecular formula is C16H17N3S. The number of fused-ring (bicyclic) bond motifs is 1. The van der Waals surface area contributed by atoms with Crippen molar-refractivity contribution in [2.45, 2.75) is 43.4 Å². The largest absolute Gasteiger partial charge is 0.324 e. The van der Waals surface area contributed by atoms with Crippen molar-refractivity contribution in [1.29, 1.82) is 5.26 Å². The molecule has 3 nitrogen and oxygen atoms in total. The molecule has 20 heavy (non-hydrogen) atoms. The fourth-order valence-corrected chi connectivity index (χ4v) is 4.38. The number of benzene rings is 1. The third kappa shape index (κ3) is 2.01. The van der Waals surface area contributed by atoms with E-state index in [0.717, 1.165) is 5.52 Å². The van der Waals surface area contributed by atoms with Gasteiger partial charge in [0.2, 0.25) is 0 Å². The number of imidazole rings is 1. The van der Waals surface area contributed by atoms with Crippen molar-refractivity contribution in [2.24, 2.45) is 0 Å². The van der Waals surface area contributed by atoms with Crippen molar-refractivity contribution >= 4 is 22.8 Å². The van der Waals surface area contributed by atoms with Crippen LogP contribution in [-0.2, 0) is 0 Å². The minimum Gasteiger partial charge on any atom is -0.324 e. The summed E-state index contributed by atoms with van der Waals surface area (Å²) in [5.74, 6) is 2.50. The van der Waals surface area contributed by atoms with Gasteiger partial charge in [-0.2, -0.15) is 17.0 Å². The van der Waals surface area contributed by atoms with Crippen LogP contribution in [0.4, 0.5) is 0 Å². The van der Waals surface area contributed by atoms with Gasteiger partial charge in [0.25, 0.3) is 0 Å². The predicted octanol–water partition coefficient (Wildman–Crippen LogP) is 4.20. The van der Waals surface area contributed by atoms with Crippen LogP contribution in [0.1, 0.15) is 54.8 Å². The first-order valence-corrected chi connectivity index (χ1v) is 8.45. The summed E-state index contributed by atoms with van der Waals surface area (Å²) in [6, 6.07) is 8.79. The first-order chi connectivity index (χ1) is 9.86. The molecule has 4 heteroatoms. The van der Waals surface area contributed by atoms with Gasteiger partial charge in [0.05, 0.1) is 27.9 Å². The highest BCUT2D eigenvalue weighted by Gasteiger charge is 2.31. The van der Waals surface area contributed by atoms with E-state index in [0.29, 0.717) is 16.9 Å². The van der Waals surface area contributed by atoms with Crippen molar-refractivity contribution in [1.82, 2.24) is 9.55 Å². The number of nitriles is 1. The number of nitrogens with zero attached hydrogens (tertiary/aromatic N) is 3. The lowest BCUT2D eigenvalue weighted by Gasteiger charge is -2.21. The van der Waals surface area contributed by atoms with E-state index < -0.39 is 0 Å². The maximum atomic E-state index is 9.05. The van der Waals surface area contributed by atoms with Gasteiger partial charge >= 0.3 is 0 Å². The summed E-state index contributed by atoms with van der Waals surface area (Å²) in [4.78, 5) is 4.90. The summed E-state index contributed by atoms with van der Waals surface area (Å²) in [6.07, 6.45) is 6.44. The molecule has 1 aliphatic heterocycles. The van der Waals surface area contributed by atoms with Gasteiger partial charge < -0.3 is 4.57 Å². The van der Waals surface area contributed by atoms with E-state index in [1.165, 1.54) is 49.2 Å². The maximum Gasteiger partial charge on any atom is 0.123 e. The van der Waals surface area contributed by atoms with Gasteiger partial charge in [0.1, 0.15) is 5.82 Å². The molecule has 1 aromatic heterocycles. The molecule has 2 aliphatic rings. The quantitative estimate of drug-likeness (QED) is 0.829. The minimum atomic E-state index is 0.544. The Bertz CT molecular complexity index is 688. The van der Waals surface area contributed by atoms with Crippen LogP contribution in [0.5, 0.6) is 0 Å². The lowest BCUT2D eigenvalue weighted by Crippen LogP contribution is -2.09. The summed E-state index contributed by atoms with van der Waals surface area (Å²) in [7, 11) is 0. The molecule has 102 valence electrons. The number of rotatable bonds is 2. The molecule has 0 N–H and O–H groups in total. The third-order valence-corrected chi connectivity index (χ3v) is 5.60. The van der Waals surface area contributed by atoms with Crippen molar-refractivity contribution in [3.63, 3.8) is 0 Å². The van der Waals surface area contributed by atoms with Crippen molar-refractivity contribution < 1.29 is 0 Å². The molecule has 1 saturated carbocycles. The van der Waals surface area contributed by atoms with E-state index in [9.17, 15) is 0 Å². The van der Waals surface area contributed by atoms with Gasteiger partial charge in [-0.25, -0.2) is 4.98 Å². The Morgan fingerprint density at radius 1 is 1.25 bits per heavy atom. The zero-order valence-electron chi connectivity index (χ0n) is 11.4. The van der Waals surface area contributed by atoms with Crippen LogP contribution in [0.25, 0.3) is 11.0 Å². The Labute approximate surface area is 123 Å². The SMILES string of the molecule is N#Cc1ccc2c(c1)nc(C1CCCCS1)n2C1CC1. The lowest BCUT2D eigenvalue weighted by atomic mass is 10.2. The molecule has 2 aromatic rings.